The first-order valence-electron chi connectivity index (χ1n) is 12.2. The van der Waals surface area contributed by atoms with Crippen molar-refractivity contribution in [2.45, 2.75) is 19.4 Å². The second kappa shape index (κ2) is 9.92. The Balaban J connectivity index is 1.44. The summed E-state index contributed by atoms with van der Waals surface area (Å²) in [7, 11) is 3.78. The molecule has 5 rings (SSSR count). The molecule has 0 saturated carbocycles. The number of methoxy groups -OCH3 is 1. The van der Waals surface area contributed by atoms with Crippen LogP contribution in [-0.4, -0.2) is 61.8 Å². The van der Waals surface area contributed by atoms with E-state index in [2.05, 4.69) is 60.3 Å². The van der Waals surface area contributed by atoms with Gasteiger partial charge >= 0.3 is 0 Å². The van der Waals surface area contributed by atoms with Crippen LogP contribution in [0, 0.1) is 6.92 Å². The Morgan fingerprint density at radius 1 is 0.914 bits per heavy atom. The van der Waals surface area contributed by atoms with Gasteiger partial charge in [-0.1, -0.05) is 36.4 Å². The monoisotopic (exact) mass is 468 g/mol. The average molecular weight is 469 g/mol. The van der Waals surface area contributed by atoms with E-state index >= 15 is 0 Å². The van der Waals surface area contributed by atoms with Gasteiger partial charge in [-0.15, -0.1) is 0 Å². The molecule has 0 aromatic heterocycles. The van der Waals surface area contributed by atoms with Crippen molar-refractivity contribution in [3.05, 3.63) is 95.1 Å². The Hall–Kier alpha value is -3.64. The van der Waals surface area contributed by atoms with Gasteiger partial charge in [-0.3, -0.25) is 9.80 Å². The lowest BCUT2D eigenvalue weighted by Crippen LogP contribution is -2.47. The molecule has 1 unspecified atom stereocenters. The highest BCUT2D eigenvalue weighted by molar-refractivity contribution is 6.04. The van der Waals surface area contributed by atoms with Crippen molar-refractivity contribution in [2.75, 3.05) is 45.3 Å². The molecule has 180 valence electrons. The molecule has 2 heterocycles. The maximum Gasteiger partial charge on any atom is 0.253 e. The number of carbonyl (C=O) groups is 1. The molecular formula is C29H32N4O2. The number of hydrogen-bond acceptors (Lipinski definition) is 5. The van der Waals surface area contributed by atoms with E-state index in [1.165, 1.54) is 16.7 Å². The average Bonchev–Trinajstić information content (AvgIpc) is 3.34. The van der Waals surface area contributed by atoms with Crippen LogP contribution in [0.3, 0.4) is 0 Å². The first-order valence-corrected chi connectivity index (χ1v) is 12.2. The number of amides is 1. The first-order chi connectivity index (χ1) is 17.0. The fourth-order valence-corrected chi connectivity index (χ4v) is 4.84. The van der Waals surface area contributed by atoms with Gasteiger partial charge in [0.25, 0.3) is 5.91 Å². The minimum atomic E-state index is 0.0645. The van der Waals surface area contributed by atoms with Gasteiger partial charge in [-0.25, -0.2) is 0 Å². The number of benzene rings is 3. The van der Waals surface area contributed by atoms with Crippen molar-refractivity contribution in [3.8, 4) is 5.75 Å². The van der Waals surface area contributed by atoms with E-state index in [0.717, 1.165) is 55.3 Å². The molecule has 3 aromatic carbocycles. The number of hydrazone groups is 1. The standard InChI is InChI=1S/C29H32N4O2/c1-21-6-4-5-7-26(21)27-20-28(22-10-14-25(35-3)15-11-22)33(30-27)24-12-8-23(9-13-24)29(34)32-18-16-31(2)17-19-32/h4-15,28H,16-20H2,1-3H3. The first kappa shape index (κ1) is 23.1. The predicted molar refractivity (Wildman–Crippen MR) is 140 cm³/mol. The fraction of sp³-hybridized carbons (Fsp3) is 0.310. The third-order valence-electron chi connectivity index (χ3n) is 7.04. The van der Waals surface area contributed by atoms with Gasteiger partial charge in [0.05, 0.1) is 24.6 Å². The molecule has 6 nitrogen and oxygen atoms in total. The van der Waals surface area contributed by atoms with Crippen LogP contribution in [0.4, 0.5) is 5.69 Å². The third-order valence-corrected chi connectivity index (χ3v) is 7.04. The molecule has 1 saturated heterocycles. The molecule has 1 fully saturated rings. The Kier molecular flexibility index (Phi) is 6.55. The largest absolute Gasteiger partial charge is 0.497 e. The van der Waals surface area contributed by atoms with Crippen molar-refractivity contribution in [1.82, 2.24) is 9.80 Å². The molecule has 35 heavy (non-hydrogen) atoms. The van der Waals surface area contributed by atoms with Crippen molar-refractivity contribution in [1.29, 1.82) is 0 Å². The van der Waals surface area contributed by atoms with Crippen molar-refractivity contribution in [2.24, 2.45) is 5.10 Å². The lowest BCUT2D eigenvalue weighted by Gasteiger charge is -2.32. The molecule has 1 atom stereocenters. The molecule has 0 aliphatic carbocycles. The van der Waals surface area contributed by atoms with E-state index in [1.54, 1.807) is 7.11 Å². The zero-order chi connectivity index (χ0) is 24.4. The number of aryl methyl sites for hydroxylation is 1. The van der Waals surface area contributed by atoms with Gasteiger partial charge in [-0.2, -0.15) is 5.10 Å². The van der Waals surface area contributed by atoms with Crippen LogP contribution in [0.5, 0.6) is 5.75 Å². The normalized spacial score (nSPS) is 18.5. The summed E-state index contributed by atoms with van der Waals surface area (Å²) >= 11 is 0. The molecule has 0 radical (unpaired) electrons. The van der Waals surface area contributed by atoms with Crippen LogP contribution >= 0.6 is 0 Å². The van der Waals surface area contributed by atoms with Crippen molar-refractivity contribution in [3.63, 3.8) is 0 Å². The molecule has 6 heteroatoms. The van der Waals surface area contributed by atoms with E-state index in [-0.39, 0.29) is 11.9 Å². The summed E-state index contributed by atoms with van der Waals surface area (Å²) < 4.78 is 5.36. The van der Waals surface area contributed by atoms with Crippen LogP contribution in [0.2, 0.25) is 0 Å². The Morgan fingerprint density at radius 3 is 2.26 bits per heavy atom. The van der Waals surface area contributed by atoms with Crippen LogP contribution in [0.15, 0.2) is 77.9 Å². The fourth-order valence-electron chi connectivity index (χ4n) is 4.84. The molecule has 3 aromatic rings. The summed E-state index contributed by atoms with van der Waals surface area (Å²) in [4.78, 5) is 17.2. The summed E-state index contributed by atoms with van der Waals surface area (Å²) in [5.74, 6) is 0.937. The summed E-state index contributed by atoms with van der Waals surface area (Å²) in [6.07, 6.45) is 0.805. The van der Waals surface area contributed by atoms with E-state index in [0.29, 0.717) is 0 Å². The second-order valence-corrected chi connectivity index (χ2v) is 9.34. The number of piperazine rings is 1. The topological polar surface area (TPSA) is 48.4 Å². The molecular weight excluding hydrogens is 436 g/mol. The highest BCUT2D eigenvalue weighted by Gasteiger charge is 2.31. The molecule has 0 N–H and O–H groups in total. The Labute approximate surface area is 207 Å². The van der Waals surface area contributed by atoms with E-state index in [9.17, 15) is 4.79 Å². The Morgan fingerprint density at radius 2 is 1.60 bits per heavy atom. The highest BCUT2D eigenvalue weighted by atomic mass is 16.5. The van der Waals surface area contributed by atoms with Gasteiger partial charge in [-0.05, 0) is 61.5 Å². The van der Waals surface area contributed by atoms with Gasteiger partial charge in [0.15, 0.2) is 0 Å². The number of hydrogen-bond donors (Lipinski definition) is 0. The summed E-state index contributed by atoms with van der Waals surface area (Å²) in [5.41, 5.74) is 6.34. The number of nitrogens with zero attached hydrogens (tertiary/aromatic N) is 4. The van der Waals surface area contributed by atoms with Gasteiger partial charge in [0.1, 0.15) is 5.75 Å². The number of carbonyl (C=O) groups excluding carboxylic acids is 1. The van der Waals surface area contributed by atoms with Crippen LogP contribution in [0.1, 0.15) is 39.5 Å². The van der Waals surface area contributed by atoms with Gasteiger partial charge in [0.2, 0.25) is 0 Å². The molecule has 0 spiro atoms. The molecule has 0 bridgehead atoms. The van der Waals surface area contributed by atoms with Crippen molar-refractivity contribution >= 4 is 17.3 Å². The molecule has 2 aliphatic heterocycles. The predicted octanol–water partition coefficient (Wildman–Crippen LogP) is 4.75. The SMILES string of the molecule is COc1ccc(C2CC(c3ccccc3C)=NN2c2ccc(C(=O)N3CCN(C)CC3)cc2)cc1. The summed E-state index contributed by atoms with van der Waals surface area (Å²) in [6.45, 7) is 5.50. The lowest BCUT2D eigenvalue weighted by atomic mass is 9.96. The smallest absolute Gasteiger partial charge is 0.253 e. The highest BCUT2D eigenvalue weighted by Crippen LogP contribution is 2.37. The maximum atomic E-state index is 13.0. The Bertz CT molecular complexity index is 1210. The van der Waals surface area contributed by atoms with E-state index in [4.69, 9.17) is 9.84 Å². The summed E-state index contributed by atoms with van der Waals surface area (Å²) in [5, 5.41) is 7.17. The second-order valence-electron chi connectivity index (χ2n) is 9.34. The lowest BCUT2D eigenvalue weighted by molar-refractivity contribution is 0.0664. The number of ether oxygens (including phenoxy) is 1. The summed E-state index contributed by atoms with van der Waals surface area (Å²) in [6, 6.07) is 24.6. The zero-order valence-corrected chi connectivity index (χ0v) is 20.6. The number of anilines is 1. The van der Waals surface area contributed by atoms with Crippen LogP contribution < -0.4 is 9.75 Å². The van der Waals surface area contributed by atoms with Crippen molar-refractivity contribution < 1.29 is 9.53 Å². The van der Waals surface area contributed by atoms with E-state index < -0.39 is 0 Å². The van der Waals surface area contributed by atoms with Crippen LogP contribution in [0.25, 0.3) is 0 Å². The quantitative estimate of drug-likeness (QED) is 0.542. The van der Waals surface area contributed by atoms with E-state index in [1.807, 2.05) is 41.3 Å². The minimum absolute atomic E-state index is 0.0645. The number of likely N-dealkylation sites (N-methyl/N-ethyl adjacent to an activating group) is 1. The molecule has 2 aliphatic rings. The third kappa shape index (κ3) is 4.80. The zero-order valence-electron chi connectivity index (χ0n) is 20.6. The van der Waals surface area contributed by atoms with Gasteiger partial charge in [0, 0.05) is 43.7 Å². The number of rotatable bonds is 5. The van der Waals surface area contributed by atoms with Crippen LogP contribution in [-0.2, 0) is 0 Å². The minimum Gasteiger partial charge on any atom is -0.497 e. The molecule has 1 amide bonds. The van der Waals surface area contributed by atoms with Gasteiger partial charge < -0.3 is 14.5 Å². The maximum absolute atomic E-state index is 13.0.